The Morgan fingerprint density at radius 3 is 2.71 bits per heavy atom. The van der Waals surface area contributed by atoms with Gasteiger partial charge < -0.3 is 4.98 Å². The SMILES string of the molecule is CCC(C)(C)c1cccc2[nH]ccc12. The molecule has 0 saturated carbocycles. The Labute approximate surface area is 85.1 Å². The molecule has 1 heteroatoms. The van der Waals surface area contributed by atoms with Gasteiger partial charge >= 0.3 is 0 Å². The zero-order valence-electron chi connectivity index (χ0n) is 9.09. The molecule has 14 heavy (non-hydrogen) atoms. The molecule has 1 heterocycles. The van der Waals surface area contributed by atoms with Crippen LogP contribution in [0.4, 0.5) is 0 Å². The highest BCUT2D eigenvalue weighted by molar-refractivity contribution is 5.83. The van der Waals surface area contributed by atoms with E-state index in [-0.39, 0.29) is 5.41 Å². The second-order valence-corrected chi connectivity index (χ2v) is 4.48. The molecule has 2 rings (SSSR count). The first-order chi connectivity index (χ1) is 6.65. The number of H-pyrrole nitrogens is 1. The van der Waals surface area contributed by atoms with Crippen molar-refractivity contribution in [3.05, 3.63) is 36.0 Å². The maximum atomic E-state index is 3.26. The van der Waals surface area contributed by atoms with Crippen LogP contribution in [0.5, 0.6) is 0 Å². The molecule has 1 aromatic carbocycles. The van der Waals surface area contributed by atoms with Gasteiger partial charge in [-0.2, -0.15) is 0 Å². The van der Waals surface area contributed by atoms with E-state index >= 15 is 0 Å². The molecule has 0 bridgehead atoms. The van der Waals surface area contributed by atoms with Crippen molar-refractivity contribution in [3.63, 3.8) is 0 Å². The van der Waals surface area contributed by atoms with Gasteiger partial charge in [0.05, 0.1) is 0 Å². The van der Waals surface area contributed by atoms with E-state index in [4.69, 9.17) is 0 Å². The van der Waals surface area contributed by atoms with Crippen LogP contribution >= 0.6 is 0 Å². The lowest BCUT2D eigenvalue weighted by Gasteiger charge is -2.24. The molecule has 0 amide bonds. The number of hydrogen-bond donors (Lipinski definition) is 1. The van der Waals surface area contributed by atoms with Crippen LogP contribution < -0.4 is 0 Å². The summed E-state index contributed by atoms with van der Waals surface area (Å²) < 4.78 is 0. The van der Waals surface area contributed by atoms with E-state index in [0.717, 1.165) is 6.42 Å². The van der Waals surface area contributed by atoms with E-state index in [2.05, 4.69) is 50.0 Å². The highest BCUT2D eigenvalue weighted by atomic mass is 14.7. The van der Waals surface area contributed by atoms with Gasteiger partial charge in [-0.1, -0.05) is 32.9 Å². The maximum absolute atomic E-state index is 3.26. The van der Waals surface area contributed by atoms with Gasteiger partial charge in [0.15, 0.2) is 0 Å². The van der Waals surface area contributed by atoms with Crippen molar-refractivity contribution in [2.45, 2.75) is 32.6 Å². The fourth-order valence-corrected chi connectivity index (χ4v) is 1.87. The molecular weight excluding hydrogens is 170 g/mol. The summed E-state index contributed by atoms with van der Waals surface area (Å²) in [5.74, 6) is 0. The summed E-state index contributed by atoms with van der Waals surface area (Å²) in [6.45, 7) is 6.84. The second-order valence-electron chi connectivity index (χ2n) is 4.48. The normalized spacial score (nSPS) is 12.2. The van der Waals surface area contributed by atoms with Crippen LogP contribution in [0, 0.1) is 0 Å². The molecule has 1 aromatic heterocycles. The Kier molecular flexibility index (Phi) is 2.10. The van der Waals surface area contributed by atoms with E-state index in [9.17, 15) is 0 Å². The smallest absolute Gasteiger partial charge is 0.0456 e. The monoisotopic (exact) mass is 187 g/mol. The number of nitrogens with one attached hydrogen (secondary N) is 1. The first-order valence-electron chi connectivity index (χ1n) is 5.22. The third kappa shape index (κ3) is 1.33. The topological polar surface area (TPSA) is 15.8 Å². The maximum Gasteiger partial charge on any atom is 0.0456 e. The Balaban J connectivity index is 2.67. The molecule has 0 saturated heterocycles. The molecule has 0 aliphatic rings. The standard InChI is InChI=1S/C13H17N/c1-4-13(2,3)11-6-5-7-12-10(11)8-9-14-12/h5-9,14H,4H2,1-3H3. The average molecular weight is 187 g/mol. The summed E-state index contributed by atoms with van der Waals surface area (Å²) in [6, 6.07) is 8.66. The van der Waals surface area contributed by atoms with Crippen LogP contribution in [0.1, 0.15) is 32.8 Å². The quantitative estimate of drug-likeness (QED) is 0.735. The number of aromatic nitrogens is 1. The number of rotatable bonds is 2. The van der Waals surface area contributed by atoms with Crippen LogP contribution in [0.15, 0.2) is 30.5 Å². The van der Waals surface area contributed by atoms with Gasteiger partial charge in [-0.3, -0.25) is 0 Å². The van der Waals surface area contributed by atoms with Gasteiger partial charge in [-0.15, -0.1) is 0 Å². The van der Waals surface area contributed by atoms with Crippen LogP contribution in [0.25, 0.3) is 10.9 Å². The van der Waals surface area contributed by atoms with E-state index < -0.39 is 0 Å². The zero-order valence-corrected chi connectivity index (χ0v) is 9.09. The van der Waals surface area contributed by atoms with Crippen molar-refractivity contribution < 1.29 is 0 Å². The number of hydrogen-bond acceptors (Lipinski definition) is 0. The summed E-state index contributed by atoms with van der Waals surface area (Å²) in [5, 5.41) is 1.36. The van der Waals surface area contributed by atoms with Gasteiger partial charge in [0.25, 0.3) is 0 Å². The van der Waals surface area contributed by atoms with Crippen LogP contribution in [-0.4, -0.2) is 4.98 Å². The van der Waals surface area contributed by atoms with Gasteiger partial charge in [0, 0.05) is 17.1 Å². The molecule has 0 fully saturated rings. The van der Waals surface area contributed by atoms with Gasteiger partial charge in [-0.25, -0.2) is 0 Å². The van der Waals surface area contributed by atoms with Crippen molar-refractivity contribution in [2.24, 2.45) is 0 Å². The zero-order chi connectivity index (χ0) is 10.2. The molecule has 0 spiro atoms. The first-order valence-corrected chi connectivity index (χ1v) is 5.22. The average Bonchev–Trinajstić information content (AvgIpc) is 2.64. The second kappa shape index (κ2) is 3.16. The summed E-state index contributed by atoms with van der Waals surface area (Å²) in [5.41, 5.74) is 2.95. The summed E-state index contributed by atoms with van der Waals surface area (Å²) in [7, 11) is 0. The van der Waals surface area contributed by atoms with Crippen molar-refractivity contribution in [1.29, 1.82) is 0 Å². The lowest BCUT2D eigenvalue weighted by molar-refractivity contribution is 0.511. The van der Waals surface area contributed by atoms with E-state index in [1.54, 1.807) is 0 Å². The molecule has 0 aliphatic heterocycles. The third-order valence-electron chi connectivity index (χ3n) is 3.21. The van der Waals surface area contributed by atoms with Crippen molar-refractivity contribution >= 4 is 10.9 Å². The summed E-state index contributed by atoms with van der Waals surface area (Å²) in [4.78, 5) is 3.26. The first kappa shape index (κ1) is 9.32. The van der Waals surface area contributed by atoms with Crippen LogP contribution in [0.2, 0.25) is 0 Å². The molecule has 0 aliphatic carbocycles. The van der Waals surface area contributed by atoms with Gasteiger partial charge in [-0.05, 0) is 29.5 Å². The minimum Gasteiger partial charge on any atom is -0.361 e. The molecule has 2 aromatic rings. The molecule has 1 N–H and O–H groups in total. The molecule has 0 atom stereocenters. The number of benzene rings is 1. The summed E-state index contributed by atoms with van der Waals surface area (Å²) in [6.07, 6.45) is 3.18. The molecule has 74 valence electrons. The Bertz CT molecular complexity index is 437. The van der Waals surface area contributed by atoms with Crippen molar-refractivity contribution in [2.75, 3.05) is 0 Å². The highest BCUT2D eigenvalue weighted by Crippen LogP contribution is 2.32. The fraction of sp³-hybridized carbons (Fsp3) is 0.385. The number of aromatic amines is 1. The van der Waals surface area contributed by atoms with E-state index in [1.807, 2.05) is 6.20 Å². The minimum absolute atomic E-state index is 0.266. The number of fused-ring (bicyclic) bond motifs is 1. The Morgan fingerprint density at radius 2 is 2.00 bits per heavy atom. The Morgan fingerprint density at radius 1 is 1.21 bits per heavy atom. The van der Waals surface area contributed by atoms with Crippen molar-refractivity contribution in [3.8, 4) is 0 Å². The predicted molar refractivity (Wildman–Crippen MR) is 61.6 cm³/mol. The van der Waals surface area contributed by atoms with Crippen LogP contribution in [-0.2, 0) is 5.41 Å². The molecule has 0 unspecified atom stereocenters. The molecule has 1 nitrogen and oxygen atoms in total. The van der Waals surface area contributed by atoms with E-state index in [0.29, 0.717) is 0 Å². The van der Waals surface area contributed by atoms with Crippen LogP contribution in [0.3, 0.4) is 0 Å². The lowest BCUT2D eigenvalue weighted by atomic mass is 9.80. The predicted octanol–water partition coefficient (Wildman–Crippen LogP) is 3.86. The largest absolute Gasteiger partial charge is 0.361 e. The third-order valence-corrected chi connectivity index (χ3v) is 3.21. The molecular formula is C13H17N. The van der Waals surface area contributed by atoms with Gasteiger partial charge in [0.2, 0.25) is 0 Å². The van der Waals surface area contributed by atoms with Gasteiger partial charge in [0.1, 0.15) is 0 Å². The Hall–Kier alpha value is -1.24. The van der Waals surface area contributed by atoms with Crippen molar-refractivity contribution in [1.82, 2.24) is 4.98 Å². The minimum atomic E-state index is 0.266. The summed E-state index contributed by atoms with van der Waals surface area (Å²) >= 11 is 0. The lowest BCUT2D eigenvalue weighted by Crippen LogP contribution is -2.15. The highest BCUT2D eigenvalue weighted by Gasteiger charge is 2.20. The van der Waals surface area contributed by atoms with E-state index in [1.165, 1.54) is 16.5 Å². The fourth-order valence-electron chi connectivity index (χ4n) is 1.87. The molecule has 0 radical (unpaired) electrons.